The summed E-state index contributed by atoms with van der Waals surface area (Å²) >= 11 is 0. The Labute approximate surface area is 215 Å². The first-order chi connectivity index (χ1) is 18.1. The molecule has 0 radical (unpaired) electrons. The molecule has 1 heterocycles. The van der Waals surface area contributed by atoms with Gasteiger partial charge in [0.15, 0.2) is 0 Å². The van der Waals surface area contributed by atoms with Gasteiger partial charge >= 0.3 is 5.97 Å². The summed E-state index contributed by atoms with van der Waals surface area (Å²) in [6.07, 6.45) is 0. The van der Waals surface area contributed by atoms with Gasteiger partial charge in [-0.15, -0.1) is 0 Å². The zero-order valence-corrected chi connectivity index (χ0v) is 20.1. The summed E-state index contributed by atoms with van der Waals surface area (Å²) in [6, 6.07) is 38.5. The van der Waals surface area contributed by atoms with Crippen LogP contribution in [0.15, 0.2) is 121 Å². The van der Waals surface area contributed by atoms with Crippen LogP contribution in [0.2, 0.25) is 0 Å². The van der Waals surface area contributed by atoms with Crippen molar-refractivity contribution >= 4 is 5.97 Å². The van der Waals surface area contributed by atoms with E-state index in [1.54, 1.807) is 6.07 Å². The molecule has 5 aromatic rings. The molecule has 0 aliphatic heterocycles. The number of aromatic carboxylic acids is 1. The van der Waals surface area contributed by atoms with Gasteiger partial charge in [-0.3, -0.25) is 0 Å². The Kier molecular flexibility index (Phi) is 7.23. The van der Waals surface area contributed by atoms with E-state index in [4.69, 9.17) is 9.47 Å². The SMILES string of the molecule is O=C(O)c1cc(-c2ccc(OCc3ccccc3)cc2)cc(-c2ccc(OCc3ccccc3)cc2)n1. The Morgan fingerprint density at radius 1 is 0.595 bits per heavy atom. The van der Waals surface area contributed by atoms with Crippen molar-refractivity contribution in [2.24, 2.45) is 0 Å². The molecular formula is C32H25NO4. The van der Waals surface area contributed by atoms with Gasteiger partial charge < -0.3 is 14.6 Å². The van der Waals surface area contributed by atoms with E-state index in [0.717, 1.165) is 39.3 Å². The molecule has 0 aliphatic carbocycles. The molecule has 182 valence electrons. The van der Waals surface area contributed by atoms with Crippen molar-refractivity contribution in [1.29, 1.82) is 0 Å². The number of ether oxygens (including phenoxy) is 2. The van der Waals surface area contributed by atoms with Crippen molar-refractivity contribution in [1.82, 2.24) is 4.98 Å². The minimum Gasteiger partial charge on any atom is -0.489 e. The maximum atomic E-state index is 11.8. The Morgan fingerprint density at radius 2 is 1.08 bits per heavy atom. The summed E-state index contributed by atoms with van der Waals surface area (Å²) < 4.78 is 11.7. The molecule has 0 spiro atoms. The molecule has 0 amide bonds. The van der Waals surface area contributed by atoms with Gasteiger partial charge in [0, 0.05) is 5.56 Å². The maximum Gasteiger partial charge on any atom is 0.354 e. The van der Waals surface area contributed by atoms with E-state index in [0.29, 0.717) is 18.9 Å². The lowest BCUT2D eigenvalue weighted by molar-refractivity contribution is 0.0690. The average molecular weight is 488 g/mol. The molecule has 5 nitrogen and oxygen atoms in total. The van der Waals surface area contributed by atoms with Crippen LogP contribution in [-0.4, -0.2) is 16.1 Å². The van der Waals surface area contributed by atoms with Crippen LogP contribution in [0, 0.1) is 0 Å². The molecule has 0 saturated heterocycles. The third-order valence-electron chi connectivity index (χ3n) is 5.88. The lowest BCUT2D eigenvalue weighted by Gasteiger charge is -2.11. The quantitative estimate of drug-likeness (QED) is 0.237. The number of rotatable bonds is 9. The first kappa shape index (κ1) is 23.8. The van der Waals surface area contributed by atoms with Crippen molar-refractivity contribution in [3.63, 3.8) is 0 Å². The molecule has 1 aromatic heterocycles. The highest BCUT2D eigenvalue weighted by Gasteiger charge is 2.12. The van der Waals surface area contributed by atoms with Gasteiger partial charge in [-0.2, -0.15) is 0 Å². The van der Waals surface area contributed by atoms with E-state index < -0.39 is 5.97 Å². The second kappa shape index (κ2) is 11.2. The molecule has 1 N–H and O–H groups in total. The molecule has 5 rings (SSSR count). The third kappa shape index (κ3) is 6.21. The van der Waals surface area contributed by atoms with Crippen LogP contribution >= 0.6 is 0 Å². The topological polar surface area (TPSA) is 68.7 Å². The zero-order chi connectivity index (χ0) is 25.5. The second-order valence-corrected chi connectivity index (χ2v) is 8.53. The van der Waals surface area contributed by atoms with Crippen LogP contribution in [0.25, 0.3) is 22.4 Å². The number of nitrogens with zero attached hydrogens (tertiary/aromatic N) is 1. The highest BCUT2D eigenvalue weighted by atomic mass is 16.5. The van der Waals surface area contributed by atoms with Gasteiger partial charge in [-0.1, -0.05) is 72.8 Å². The molecule has 5 heteroatoms. The average Bonchev–Trinajstić information content (AvgIpc) is 2.96. The first-order valence-electron chi connectivity index (χ1n) is 11.9. The number of pyridine rings is 1. The van der Waals surface area contributed by atoms with E-state index in [2.05, 4.69) is 4.98 Å². The highest BCUT2D eigenvalue weighted by molar-refractivity contribution is 5.88. The Bertz CT molecular complexity index is 1360. The molecule has 0 fully saturated rings. The second-order valence-electron chi connectivity index (χ2n) is 8.53. The van der Waals surface area contributed by atoms with Gasteiger partial charge in [0.05, 0.1) is 5.69 Å². The van der Waals surface area contributed by atoms with Gasteiger partial charge in [0.1, 0.15) is 30.4 Å². The number of hydrogen-bond acceptors (Lipinski definition) is 4. The highest BCUT2D eigenvalue weighted by Crippen LogP contribution is 2.29. The minimum absolute atomic E-state index is 0.0127. The Morgan fingerprint density at radius 3 is 1.57 bits per heavy atom. The molecule has 37 heavy (non-hydrogen) atoms. The molecule has 0 unspecified atom stereocenters. The predicted molar refractivity (Wildman–Crippen MR) is 144 cm³/mol. The normalized spacial score (nSPS) is 10.6. The van der Waals surface area contributed by atoms with E-state index in [1.807, 2.05) is 115 Å². The van der Waals surface area contributed by atoms with Gasteiger partial charge in [-0.05, 0) is 70.8 Å². The first-order valence-corrected chi connectivity index (χ1v) is 11.9. The Hall–Kier alpha value is -4.90. The number of carbonyl (C=O) groups is 1. The van der Waals surface area contributed by atoms with E-state index in [9.17, 15) is 9.90 Å². The fraction of sp³-hybridized carbons (Fsp3) is 0.0625. The lowest BCUT2D eigenvalue weighted by Crippen LogP contribution is -2.02. The standard InChI is InChI=1S/C32H25NO4/c34-32(35)31-20-27(25-11-15-28(16-12-25)36-21-23-7-3-1-4-8-23)19-30(33-31)26-13-17-29(18-14-26)37-22-24-9-5-2-6-10-24/h1-20H,21-22H2,(H,34,35). The zero-order valence-electron chi connectivity index (χ0n) is 20.1. The van der Waals surface area contributed by atoms with E-state index >= 15 is 0 Å². The number of benzene rings is 4. The van der Waals surface area contributed by atoms with Crippen molar-refractivity contribution in [2.75, 3.05) is 0 Å². The van der Waals surface area contributed by atoms with E-state index in [-0.39, 0.29) is 5.69 Å². The molecule has 0 aliphatic rings. The van der Waals surface area contributed by atoms with Crippen LogP contribution in [0.4, 0.5) is 0 Å². The number of carboxylic acid groups (broad SMARTS) is 1. The predicted octanol–water partition coefficient (Wildman–Crippen LogP) is 7.27. The monoisotopic (exact) mass is 487 g/mol. The van der Waals surface area contributed by atoms with Gasteiger partial charge in [-0.25, -0.2) is 9.78 Å². The lowest BCUT2D eigenvalue weighted by atomic mass is 10.0. The molecule has 0 atom stereocenters. The fourth-order valence-corrected chi connectivity index (χ4v) is 3.90. The van der Waals surface area contributed by atoms with Crippen LogP contribution < -0.4 is 9.47 Å². The van der Waals surface area contributed by atoms with Crippen LogP contribution in [0.1, 0.15) is 21.6 Å². The third-order valence-corrected chi connectivity index (χ3v) is 5.88. The fourth-order valence-electron chi connectivity index (χ4n) is 3.90. The molecule has 0 bridgehead atoms. The minimum atomic E-state index is -1.08. The van der Waals surface area contributed by atoms with Crippen LogP contribution in [0.5, 0.6) is 11.5 Å². The summed E-state index contributed by atoms with van der Waals surface area (Å²) in [5, 5.41) is 9.67. The summed E-state index contributed by atoms with van der Waals surface area (Å²) in [5.41, 5.74) is 5.19. The largest absolute Gasteiger partial charge is 0.489 e. The number of carboxylic acids is 1. The van der Waals surface area contributed by atoms with Crippen molar-refractivity contribution in [2.45, 2.75) is 13.2 Å². The van der Waals surface area contributed by atoms with Crippen molar-refractivity contribution < 1.29 is 19.4 Å². The van der Waals surface area contributed by atoms with Crippen LogP contribution in [0.3, 0.4) is 0 Å². The number of aromatic nitrogens is 1. The smallest absolute Gasteiger partial charge is 0.354 e. The van der Waals surface area contributed by atoms with Crippen LogP contribution in [-0.2, 0) is 13.2 Å². The van der Waals surface area contributed by atoms with Crippen molar-refractivity contribution in [3.05, 3.63) is 138 Å². The van der Waals surface area contributed by atoms with Crippen molar-refractivity contribution in [3.8, 4) is 33.9 Å². The molecule has 4 aromatic carbocycles. The van der Waals surface area contributed by atoms with Gasteiger partial charge in [0.2, 0.25) is 0 Å². The summed E-state index contributed by atoms with van der Waals surface area (Å²) in [7, 11) is 0. The molecule has 0 saturated carbocycles. The summed E-state index contributed by atoms with van der Waals surface area (Å²) in [6.45, 7) is 0.954. The Balaban J connectivity index is 1.33. The summed E-state index contributed by atoms with van der Waals surface area (Å²) in [4.78, 5) is 16.2. The summed E-state index contributed by atoms with van der Waals surface area (Å²) in [5.74, 6) is 0.397. The maximum absolute atomic E-state index is 11.8. The van der Waals surface area contributed by atoms with Gasteiger partial charge in [0.25, 0.3) is 0 Å². The van der Waals surface area contributed by atoms with E-state index in [1.165, 1.54) is 0 Å². The number of hydrogen-bond donors (Lipinski definition) is 1. The molecular weight excluding hydrogens is 462 g/mol.